The molecule has 0 spiro atoms. The van der Waals surface area contributed by atoms with E-state index in [0.29, 0.717) is 16.7 Å². The molecule has 17 heavy (non-hydrogen) atoms. The fraction of sp³-hybridized carbons (Fsp3) is 0.182. The minimum Gasteiger partial charge on any atom is -0.345 e. The number of nitrogens with one attached hydrogen (secondary N) is 1. The lowest BCUT2D eigenvalue weighted by molar-refractivity contribution is 0.0950. The van der Waals surface area contributed by atoms with Crippen LogP contribution < -0.4 is 5.32 Å². The number of thiazole rings is 1. The molecule has 2 rings (SSSR count). The normalized spacial score (nSPS) is 10.2. The lowest BCUT2D eigenvalue weighted by Crippen LogP contribution is -2.22. The van der Waals surface area contributed by atoms with Gasteiger partial charge in [-0.25, -0.2) is 9.97 Å². The molecule has 0 aromatic carbocycles. The second-order valence-corrected chi connectivity index (χ2v) is 5.55. The summed E-state index contributed by atoms with van der Waals surface area (Å²) in [5, 5.41) is 3.71. The third-order valence-electron chi connectivity index (χ3n) is 2.06. The minimum atomic E-state index is -0.141. The van der Waals surface area contributed by atoms with Gasteiger partial charge in [0, 0.05) is 17.3 Å². The van der Waals surface area contributed by atoms with Crippen LogP contribution in [0.5, 0.6) is 0 Å². The summed E-state index contributed by atoms with van der Waals surface area (Å²) in [5.74, 6) is -0.141. The molecule has 0 atom stereocenters. The molecule has 6 heteroatoms. The summed E-state index contributed by atoms with van der Waals surface area (Å²) in [4.78, 5) is 21.1. The van der Waals surface area contributed by atoms with E-state index in [9.17, 15) is 4.79 Å². The van der Waals surface area contributed by atoms with Crippen molar-refractivity contribution in [3.05, 3.63) is 44.6 Å². The number of aromatic nitrogens is 2. The van der Waals surface area contributed by atoms with Crippen molar-refractivity contribution in [1.29, 1.82) is 0 Å². The van der Waals surface area contributed by atoms with E-state index < -0.39 is 0 Å². The van der Waals surface area contributed by atoms with Gasteiger partial charge in [-0.05, 0) is 35.0 Å². The Labute approximate surface area is 111 Å². The van der Waals surface area contributed by atoms with Gasteiger partial charge in [0.15, 0.2) is 0 Å². The first kappa shape index (κ1) is 12.2. The standard InChI is InChI=1S/C11H10BrN3OS/c1-7-4-14-10(17-7)6-15-11(16)8-2-3-9(12)13-5-8/h2-5H,6H2,1H3,(H,15,16). The minimum absolute atomic E-state index is 0.141. The highest BCUT2D eigenvalue weighted by Crippen LogP contribution is 2.11. The van der Waals surface area contributed by atoms with Gasteiger partial charge in [-0.3, -0.25) is 4.79 Å². The summed E-state index contributed by atoms with van der Waals surface area (Å²) < 4.78 is 0.713. The smallest absolute Gasteiger partial charge is 0.253 e. The van der Waals surface area contributed by atoms with Gasteiger partial charge in [0.25, 0.3) is 5.91 Å². The zero-order chi connectivity index (χ0) is 12.3. The maximum absolute atomic E-state index is 11.7. The van der Waals surface area contributed by atoms with Gasteiger partial charge in [0.2, 0.25) is 0 Å². The summed E-state index contributed by atoms with van der Waals surface area (Å²) in [6.45, 7) is 2.44. The first-order valence-electron chi connectivity index (χ1n) is 4.96. The molecule has 0 unspecified atom stereocenters. The first-order valence-corrected chi connectivity index (χ1v) is 6.57. The quantitative estimate of drug-likeness (QED) is 0.886. The second kappa shape index (κ2) is 5.37. The Morgan fingerprint density at radius 3 is 2.82 bits per heavy atom. The van der Waals surface area contributed by atoms with Gasteiger partial charge in [0.1, 0.15) is 9.61 Å². The van der Waals surface area contributed by atoms with E-state index in [1.807, 2.05) is 6.92 Å². The number of rotatable bonds is 3. The molecule has 4 nitrogen and oxygen atoms in total. The van der Waals surface area contributed by atoms with Crippen LogP contribution in [0.15, 0.2) is 29.1 Å². The molecule has 1 N–H and O–H groups in total. The number of pyridine rings is 1. The Balaban J connectivity index is 1.95. The Morgan fingerprint density at radius 1 is 1.41 bits per heavy atom. The number of hydrogen-bond acceptors (Lipinski definition) is 4. The van der Waals surface area contributed by atoms with Crippen LogP contribution in [0.25, 0.3) is 0 Å². The van der Waals surface area contributed by atoms with E-state index in [0.717, 1.165) is 9.88 Å². The molecule has 0 aliphatic carbocycles. The molecule has 0 saturated heterocycles. The van der Waals surface area contributed by atoms with E-state index in [2.05, 4.69) is 31.2 Å². The van der Waals surface area contributed by atoms with E-state index in [1.165, 1.54) is 6.20 Å². The second-order valence-electron chi connectivity index (χ2n) is 3.42. The number of nitrogens with zero attached hydrogens (tertiary/aromatic N) is 2. The molecule has 0 bridgehead atoms. The highest BCUT2D eigenvalue weighted by atomic mass is 79.9. The molecule has 0 aliphatic heterocycles. The van der Waals surface area contributed by atoms with E-state index in [4.69, 9.17) is 0 Å². The van der Waals surface area contributed by atoms with Crippen LogP contribution in [0.1, 0.15) is 20.2 Å². The van der Waals surface area contributed by atoms with Crippen LogP contribution in [-0.2, 0) is 6.54 Å². The van der Waals surface area contributed by atoms with Crippen molar-refractivity contribution in [3.8, 4) is 0 Å². The Morgan fingerprint density at radius 2 is 2.24 bits per heavy atom. The van der Waals surface area contributed by atoms with Gasteiger partial charge in [-0.2, -0.15) is 0 Å². The van der Waals surface area contributed by atoms with Crippen molar-refractivity contribution in [1.82, 2.24) is 15.3 Å². The topological polar surface area (TPSA) is 54.9 Å². The van der Waals surface area contributed by atoms with Crippen molar-refractivity contribution in [2.24, 2.45) is 0 Å². The van der Waals surface area contributed by atoms with Crippen molar-refractivity contribution in [2.45, 2.75) is 13.5 Å². The van der Waals surface area contributed by atoms with Crippen LogP contribution in [-0.4, -0.2) is 15.9 Å². The van der Waals surface area contributed by atoms with Gasteiger partial charge in [-0.1, -0.05) is 0 Å². The molecule has 0 saturated carbocycles. The monoisotopic (exact) mass is 311 g/mol. The molecule has 2 heterocycles. The summed E-state index contributed by atoms with van der Waals surface area (Å²) in [7, 11) is 0. The number of halogens is 1. The van der Waals surface area contributed by atoms with Crippen LogP contribution in [0.4, 0.5) is 0 Å². The van der Waals surface area contributed by atoms with E-state index >= 15 is 0 Å². The molecule has 88 valence electrons. The number of aryl methyl sites for hydroxylation is 1. The zero-order valence-corrected chi connectivity index (χ0v) is 11.5. The van der Waals surface area contributed by atoms with Crippen LogP contribution in [0.2, 0.25) is 0 Å². The summed E-state index contributed by atoms with van der Waals surface area (Å²) in [5.41, 5.74) is 0.543. The third-order valence-corrected chi connectivity index (χ3v) is 3.44. The van der Waals surface area contributed by atoms with Crippen molar-refractivity contribution in [2.75, 3.05) is 0 Å². The van der Waals surface area contributed by atoms with Crippen molar-refractivity contribution >= 4 is 33.2 Å². The van der Waals surface area contributed by atoms with Crippen LogP contribution in [0.3, 0.4) is 0 Å². The van der Waals surface area contributed by atoms with Gasteiger partial charge in [0.05, 0.1) is 12.1 Å². The number of amides is 1. The fourth-order valence-corrected chi connectivity index (χ4v) is 2.21. The average molecular weight is 312 g/mol. The van der Waals surface area contributed by atoms with Gasteiger partial charge < -0.3 is 5.32 Å². The molecule has 0 aliphatic rings. The van der Waals surface area contributed by atoms with Gasteiger partial charge >= 0.3 is 0 Å². The third kappa shape index (κ3) is 3.34. The lowest BCUT2D eigenvalue weighted by Gasteiger charge is -2.02. The van der Waals surface area contributed by atoms with Crippen molar-refractivity contribution in [3.63, 3.8) is 0 Å². The van der Waals surface area contributed by atoms with Crippen LogP contribution >= 0.6 is 27.3 Å². The molecule has 0 fully saturated rings. The summed E-state index contributed by atoms with van der Waals surface area (Å²) in [6.07, 6.45) is 3.33. The summed E-state index contributed by atoms with van der Waals surface area (Å²) in [6, 6.07) is 3.46. The molecule has 2 aromatic heterocycles. The Kier molecular flexibility index (Phi) is 3.86. The highest BCUT2D eigenvalue weighted by molar-refractivity contribution is 9.10. The lowest BCUT2D eigenvalue weighted by atomic mass is 10.3. The maximum atomic E-state index is 11.7. The molecule has 0 radical (unpaired) electrons. The van der Waals surface area contributed by atoms with Gasteiger partial charge in [-0.15, -0.1) is 11.3 Å². The fourth-order valence-electron chi connectivity index (χ4n) is 1.25. The van der Waals surface area contributed by atoms with Crippen molar-refractivity contribution < 1.29 is 4.79 Å². The van der Waals surface area contributed by atoms with E-state index in [1.54, 1.807) is 29.7 Å². The average Bonchev–Trinajstić information content (AvgIpc) is 2.73. The predicted molar refractivity (Wildman–Crippen MR) is 70.0 cm³/mol. The molecule has 1 amide bonds. The number of carbonyl (C=O) groups is 1. The zero-order valence-electron chi connectivity index (χ0n) is 9.11. The highest BCUT2D eigenvalue weighted by Gasteiger charge is 2.06. The Hall–Kier alpha value is -1.27. The number of carbonyl (C=O) groups excluding carboxylic acids is 1. The predicted octanol–water partition coefficient (Wildman–Crippen LogP) is 2.54. The molecular formula is C11H10BrN3OS. The van der Waals surface area contributed by atoms with E-state index in [-0.39, 0.29) is 5.91 Å². The Bertz CT molecular complexity index is 524. The number of hydrogen-bond donors (Lipinski definition) is 1. The molecular weight excluding hydrogens is 302 g/mol. The first-order chi connectivity index (χ1) is 8.15. The maximum Gasteiger partial charge on any atom is 0.253 e. The summed E-state index contributed by atoms with van der Waals surface area (Å²) >= 11 is 4.80. The molecule has 2 aromatic rings. The largest absolute Gasteiger partial charge is 0.345 e. The SMILES string of the molecule is Cc1cnc(CNC(=O)c2ccc(Br)nc2)s1. The van der Waals surface area contributed by atoms with Crippen LogP contribution in [0, 0.1) is 6.92 Å².